The maximum atomic E-state index is 12.8. The first-order chi connectivity index (χ1) is 14.3. The van der Waals surface area contributed by atoms with Crippen molar-refractivity contribution in [3.05, 3.63) is 22.6 Å². The molecule has 2 aromatic heterocycles. The number of β-lactam (4-membered cyclic amide) rings is 1. The van der Waals surface area contributed by atoms with Crippen LogP contribution in [0, 0.1) is 6.92 Å². The second-order valence-corrected chi connectivity index (χ2v) is 10.2. The molecule has 2 N–H and O–H groups in total. The average molecular weight is 471 g/mol. The van der Waals surface area contributed by atoms with Crippen molar-refractivity contribution < 1.29 is 23.7 Å². The monoisotopic (exact) mass is 470 g/mol. The van der Waals surface area contributed by atoms with Gasteiger partial charge in [-0.2, -0.15) is 0 Å². The predicted molar refractivity (Wildman–Crippen MR) is 103 cm³/mol. The van der Waals surface area contributed by atoms with Gasteiger partial charge in [0.05, 0.1) is 16.6 Å². The van der Waals surface area contributed by atoms with Crippen LogP contribution in [0.25, 0.3) is 0 Å². The maximum Gasteiger partial charge on any atom is 0.352 e. The number of hydrogen-bond donors (Lipinski definition) is 2. The fraction of sp³-hybridized carbons (Fsp3) is 0.429. The van der Waals surface area contributed by atoms with Gasteiger partial charge in [-0.15, -0.1) is 15.3 Å². The molecule has 0 radical (unpaired) electrons. The summed E-state index contributed by atoms with van der Waals surface area (Å²) in [6.45, 7) is 1.58. The van der Waals surface area contributed by atoms with E-state index in [4.69, 9.17) is 0 Å². The molecule has 0 bridgehead atoms. The number of thioether (sulfide) groups is 1. The number of nitrogens with one attached hydrogen (secondary N) is 1. The average Bonchev–Trinajstić information content (AvgIpc) is 3.35. The Labute approximate surface area is 179 Å². The summed E-state index contributed by atoms with van der Waals surface area (Å²) >= 11 is 2.64. The van der Waals surface area contributed by atoms with Crippen molar-refractivity contribution in [1.82, 2.24) is 40.6 Å². The third-order valence-electron chi connectivity index (χ3n) is 4.30. The van der Waals surface area contributed by atoms with Gasteiger partial charge in [0.15, 0.2) is 4.34 Å². The largest absolute Gasteiger partial charge is 0.477 e. The van der Waals surface area contributed by atoms with Crippen LogP contribution in [0.4, 0.5) is 0 Å². The molecule has 0 spiro atoms. The van der Waals surface area contributed by atoms with Gasteiger partial charge in [-0.25, -0.2) is 9.48 Å². The van der Waals surface area contributed by atoms with E-state index >= 15 is 0 Å². The number of aryl methyl sites for hydroxylation is 1. The van der Waals surface area contributed by atoms with Crippen molar-refractivity contribution in [2.45, 2.75) is 29.2 Å². The quantitative estimate of drug-likeness (QED) is 0.352. The summed E-state index contributed by atoms with van der Waals surface area (Å²) in [6, 6.07) is -1.07. The van der Waals surface area contributed by atoms with E-state index in [-0.39, 0.29) is 23.7 Å². The lowest BCUT2D eigenvalue weighted by Crippen LogP contribution is -2.73. The van der Waals surface area contributed by atoms with Crippen LogP contribution >= 0.6 is 23.1 Å². The number of carboxylic acids is 1. The Kier molecular flexibility index (Phi) is 5.61. The van der Waals surface area contributed by atoms with E-state index in [2.05, 4.69) is 31.0 Å². The van der Waals surface area contributed by atoms with E-state index in [0.717, 1.165) is 9.91 Å². The molecule has 0 aliphatic carbocycles. The van der Waals surface area contributed by atoms with Crippen LogP contribution in [0.3, 0.4) is 0 Å². The molecule has 13 nitrogen and oxygen atoms in total. The molecule has 2 aliphatic rings. The van der Waals surface area contributed by atoms with Gasteiger partial charge in [0, 0.05) is 5.75 Å². The molecule has 1 saturated heterocycles. The van der Waals surface area contributed by atoms with Crippen LogP contribution in [0.15, 0.2) is 21.9 Å². The number of rotatable bonds is 7. The molecule has 2 aliphatic heterocycles. The fourth-order valence-electron chi connectivity index (χ4n) is 3.07. The van der Waals surface area contributed by atoms with E-state index in [1.807, 2.05) is 0 Å². The molecule has 158 valence electrons. The highest BCUT2D eigenvalue weighted by atomic mass is 32.2. The summed E-state index contributed by atoms with van der Waals surface area (Å²) in [5.74, 6) is -2.25. The number of aliphatic carboxylic acids is 1. The minimum atomic E-state index is -1.58. The number of carboxylic acid groups (broad SMARTS) is 1. The van der Waals surface area contributed by atoms with E-state index in [1.165, 1.54) is 34.1 Å². The van der Waals surface area contributed by atoms with Crippen molar-refractivity contribution in [2.24, 2.45) is 0 Å². The molecule has 4 rings (SSSR count). The molecule has 1 unspecified atom stereocenters. The lowest BCUT2D eigenvalue weighted by Gasteiger charge is -2.49. The fourth-order valence-corrected chi connectivity index (χ4v) is 6.71. The normalized spacial score (nSPS) is 23.2. The molecule has 4 heterocycles. The first-order valence-corrected chi connectivity index (χ1v) is 11.6. The lowest BCUT2D eigenvalue weighted by atomic mass is 10.0. The molecule has 3 atom stereocenters. The van der Waals surface area contributed by atoms with Gasteiger partial charge in [-0.05, 0) is 22.9 Å². The first-order valence-electron chi connectivity index (χ1n) is 8.43. The van der Waals surface area contributed by atoms with Crippen LogP contribution in [0.2, 0.25) is 0 Å². The number of fused-ring (bicyclic) bond motifs is 1. The van der Waals surface area contributed by atoms with Crippen molar-refractivity contribution >= 4 is 51.7 Å². The Hall–Kier alpha value is -2.72. The van der Waals surface area contributed by atoms with E-state index in [1.54, 1.807) is 6.92 Å². The van der Waals surface area contributed by atoms with Crippen LogP contribution in [-0.2, 0) is 31.7 Å². The molecule has 30 heavy (non-hydrogen) atoms. The Balaban J connectivity index is 1.49. The third kappa shape index (κ3) is 3.84. The highest BCUT2D eigenvalue weighted by molar-refractivity contribution is 8.01. The third-order valence-corrected chi connectivity index (χ3v) is 8.01. The summed E-state index contributed by atoms with van der Waals surface area (Å²) in [4.78, 5) is 37.6. The van der Waals surface area contributed by atoms with Crippen molar-refractivity contribution in [3.63, 3.8) is 0 Å². The Bertz CT molecular complexity index is 1070. The van der Waals surface area contributed by atoms with Gasteiger partial charge in [0.1, 0.15) is 35.0 Å². The zero-order chi connectivity index (χ0) is 21.4. The molecular formula is C14H14N8O5S3. The second kappa shape index (κ2) is 8.19. The number of amides is 2. The highest BCUT2D eigenvalue weighted by Gasteiger charge is 2.57. The van der Waals surface area contributed by atoms with E-state index in [0.29, 0.717) is 9.91 Å². The molecule has 2 aromatic rings. The summed E-state index contributed by atoms with van der Waals surface area (Å²) in [5, 5.41) is 30.3. The van der Waals surface area contributed by atoms with Gasteiger partial charge in [0.25, 0.3) is 5.91 Å². The summed E-state index contributed by atoms with van der Waals surface area (Å²) < 4.78 is 14.6. The minimum absolute atomic E-state index is 0.0137. The molecule has 1 fully saturated rings. The van der Waals surface area contributed by atoms with Crippen LogP contribution in [-0.4, -0.2) is 85.3 Å². The topological polar surface area (TPSA) is 173 Å². The van der Waals surface area contributed by atoms with Crippen molar-refractivity contribution in [2.75, 3.05) is 11.5 Å². The van der Waals surface area contributed by atoms with Gasteiger partial charge in [-0.1, -0.05) is 23.1 Å². The zero-order valence-corrected chi connectivity index (χ0v) is 17.7. The number of tetrazole rings is 1. The molecule has 0 saturated carbocycles. The number of nitrogens with zero attached hydrogens (tertiary/aromatic N) is 7. The Morgan fingerprint density at radius 2 is 2.23 bits per heavy atom. The smallest absolute Gasteiger partial charge is 0.352 e. The van der Waals surface area contributed by atoms with Gasteiger partial charge >= 0.3 is 5.97 Å². The van der Waals surface area contributed by atoms with E-state index < -0.39 is 40.0 Å². The zero-order valence-electron chi connectivity index (χ0n) is 15.3. The number of carbonyl (C=O) groups is 3. The van der Waals surface area contributed by atoms with Crippen LogP contribution in [0.5, 0.6) is 0 Å². The Morgan fingerprint density at radius 1 is 1.43 bits per heavy atom. The number of carbonyl (C=O) groups excluding carboxylic acids is 2. The summed E-state index contributed by atoms with van der Waals surface area (Å²) in [6.07, 6.45) is 1.24. The van der Waals surface area contributed by atoms with Crippen molar-refractivity contribution in [1.29, 1.82) is 0 Å². The minimum Gasteiger partial charge on any atom is -0.477 e. The standard InChI is InChI=1S/C14H14N8O5S3/c1-6-17-18-14(29-6)28-3-7-4-30(27)12-9(11(24)22(12)10(7)13(25)26)16-8(23)2-21-5-15-19-20-21/h5,9,12H,2-4H2,1H3,(H,16,23)(H,25,26)/t9-,12-,30?/m1/s1. The summed E-state index contributed by atoms with van der Waals surface area (Å²) in [7, 11) is -1.58. The van der Waals surface area contributed by atoms with E-state index in [9.17, 15) is 23.7 Å². The van der Waals surface area contributed by atoms with Gasteiger partial charge in [0.2, 0.25) is 5.91 Å². The van der Waals surface area contributed by atoms with Gasteiger partial charge in [-0.3, -0.25) is 18.7 Å². The molecule has 16 heteroatoms. The summed E-state index contributed by atoms with van der Waals surface area (Å²) in [5.41, 5.74) is 0.186. The SMILES string of the molecule is Cc1nnc(SCC2=C(C(=O)O)N3C(=O)[C@@H](NC(=O)Cn4cnnn4)[C@H]3S(=O)C2)s1. The molecule has 0 aromatic carbocycles. The van der Waals surface area contributed by atoms with Crippen molar-refractivity contribution in [3.8, 4) is 0 Å². The number of hydrogen-bond acceptors (Lipinski definition) is 11. The second-order valence-electron chi connectivity index (χ2n) is 6.31. The molecule has 2 amide bonds. The predicted octanol–water partition coefficient (Wildman–Crippen LogP) is -1.62. The number of aromatic nitrogens is 6. The Morgan fingerprint density at radius 3 is 2.87 bits per heavy atom. The lowest BCUT2D eigenvalue weighted by molar-refractivity contribution is -0.151. The van der Waals surface area contributed by atoms with Gasteiger partial charge < -0.3 is 10.4 Å². The highest BCUT2D eigenvalue weighted by Crippen LogP contribution is 2.37. The van der Waals surface area contributed by atoms with Crippen LogP contribution in [0.1, 0.15) is 5.01 Å². The first kappa shape index (κ1) is 20.5. The van der Waals surface area contributed by atoms with Crippen LogP contribution < -0.4 is 5.32 Å². The molecular weight excluding hydrogens is 456 g/mol. The maximum absolute atomic E-state index is 12.8.